The Hall–Kier alpha value is -1.65. The largest absolute Gasteiger partial charge is 0.481 e. The van der Waals surface area contributed by atoms with Crippen molar-refractivity contribution in [2.24, 2.45) is 5.92 Å². The Labute approximate surface area is 220 Å². The highest BCUT2D eigenvalue weighted by Gasteiger charge is 2.49. The lowest BCUT2D eigenvalue weighted by Crippen LogP contribution is -2.51. The summed E-state index contributed by atoms with van der Waals surface area (Å²) < 4.78 is 7.06. The van der Waals surface area contributed by atoms with Gasteiger partial charge in [-0.3, -0.25) is 4.79 Å². The zero-order valence-corrected chi connectivity index (χ0v) is 24.1. The number of carboxylic acids is 1. The number of aliphatic hydroxyl groups is 1. The Morgan fingerprint density at radius 2 is 1.81 bits per heavy atom. The molecule has 0 aromatic carbocycles. The van der Waals surface area contributed by atoms with E-state index in [4.69, 9.17) is 9.84 Å². The molecule has 4 nitrogen and oxygen atoms in total. The van der Waals surface area contributed by atoms with Crippen LogP contribution >= 0.6 is 0 Å². The molecule has 1 aliphatic carbocycles. The fourth-order valence-electron chi connectivity index (χ4n) is 5.73. The lowest BCUT2D eigenvalue weighted by molar-refractivity contribution is -0.146. The van der Waals surface area contributed by atoms with Gasteiger partial charge in [0, 0.05) is 0 Å². The monoisotopic (exact) mass is 500 g/mol. The molecule has 1 aliphatic heterocycles. The van der Waals surface area contributed by atoms with Gasteiger partial charge in [-0.1, -0.05) is 50.0 Å². The van der Waals surface area contributed by atoms with Crippen LogP contribution in [0.15, 0.2) is 46.1 Å². The van der Waals surface area contributed by atoms with Crippen molar-refractivity contribution < 1.29 is 19.7 Å². The molecule has 0 saturated carbocycles. The molecule has 4 unspecified atom stereocenters. The Kier molecular flexibility index (Phi) is 11.7. The maximum absolute atomic E-state index is 10.9. The number of aliphatic carboxylic acids is 1. The Morgan fingerprint density at radius 1 is 1.14 bits per heavy atom. The van der Waals surface area contributed by atoms with E-state index in [1.54, 1.807) is 6.92 Å². The minimum Gasteiger partial charge on any atom is -0.481 e. The summed E-state index contributed by atoms with van der Waals surface area (Å²) in [6, 6.07) is 0. The lowest BCUT2D eigenvalue weighted by Gasteiger charge is -2.52. The van der Waals surface area contributed by atoms with Gasteiger partial charge in [-0.2, -0.15) is 0 Å². The second-order valence-electron chi connectivity index (χ2n) is 11.7. The molecule has 1 heterocycles. The van der Waals surface area contributed by atoms with Gasteiger partial charge in [0.25, 0.3) is 0 Å². The maximum atomic E-state index is 10.9. The minimum absolute atomic E-state index is 0.137. The van der Waals surface area contributed by atoms with Gasteiger partial charge < -0.3 is 14.9 Å². The van der Waals surface area contributed by atoms with Gasteiger partial charge in [-0.05, 0) is 122 Å². The van der Waals surface area contributed by atoms with E-state index in [2.05, 4.69) is 59.8 Å². The standard InChI is InChI=1S/C32H52O4/c1-8-9-20-32-27(6)26(5)29(33)22-28(32)18-21-31(7,36-32)19-12-16-24(3)14-10-13-23(2)15-11-17-25(4)30(34)35/h14-15,22,25,29,33H,8-13,16-21H2,1-7H3,(H,34,35). The number of fused-ring (bicyclic) bond motifs is 1. The predicted octanol–water partition coefficient (Wildman–Crippen LogP) is 8.47. The molecule has 0 aromatic rings. The van der Waals surface area contributed by atoms with E-state index < -0.39 is 12.1 Å². The SMILES string of the molecule is CCCCC12OC(C)(CCCC(C)=CCCC(C)=CCCC(C)C(=O)O)CCC1=CC(O)C(C)=C2C. The summed E-state index contributed by atoms with van der Waals surface area (Å²) in [6.45, 7) is 14.9. The summed E-state index contributed by atoms with van der Waals surface area (Å²) in [5, 5.41) is 19.5. The number of unbranched alkanes of at least 4 members (excludes halogenated alkanes) is 1. The number of ether oxygens (including phenoxy) is 1. The van der Waals surface area contributed by atoms with Crippen molar-refractivity contribution >= 4 is 5.97 Å². The summed E-state index contributed by atoms with van der Waals surface area (Å²) in [5.41, 5.74) is 5.89. The first-order chi connectivity index (χ1) is 16.9. The molecular formula is C32H52O4. The van der Waals surface area contributed by atoms with Crippen LogP contribution in [0.5, 0.6) is 0 Å². The van der Waals surface area contributed by atoms with E-state index in [1.165, 1.54) is 22.3 Å². The Bertz CT molecular complexity index is 877. The van der Waals surface area contributed by atoms with Crippen LogP contribution in [0.3, 0.4) is 0 Å². The highest BCUT2D eigenvalue weighted by Crippen LogP contribution is 2.51. The average molecular weight is 501 g/mol. The van der Waals surface area contributed by atoms with Crippen LogP contribution in [0.4, 0.5) is 0 Å². The third kappa shape index (κ3) is 8.18. The van der Waals surface area contributed by atoms with E-state index >= 15 is 0 Å². The zero-order chi connectivity index (χ0) is 26.9. The molecular weight excluding hydrogens is 448 g/mol. The molecule has 4 heteroatoms. The van der Waals surface area contributed by atoms with E-state index in [1.807, 2.05) is 0 Å². The first-order valence-electron chi connectivity index (χ1n) is 14.3. The third-order valence-electron chi connectivity index (χ3n) is 8.57. The molecule has 2 N–H and O–H groups in total. The number of hydrogen-bond donors (Lipinski definition) is 2. The third-order valence-corrected chi connectivity index (χ3v) is 8.57. The number of allylic oxidation sites excluding steroid dienone is 4. The molecule has 4 atom stereocenters. The highest BCUT2D eigenvalue weighted by molar-refractivity contribution is 5.69. The molecule has 1 fully saturated rings. The normalized spacial score (nSPS) is 28.1. The van der Waals surface area contributed by atoms with Crippen molar-refractivity contribution in [1.29, 1.82) is 0 Å². The van der Waals surface area contributed by atoms with Crippen LogP contribution in [0.2, 0.25) is 0 Å². The zero-order valence-electron chi connectivity index (χ0n) is 24.1. The average Bonchev–Trinajstić information content (AvgIpc) is 2.82. The number of rotatable bonds is 14. The molecule has 0 aromatic heterocycles. The van der Waals surface area contributed by atoms with Crippen molar-refractivity contribution in [2.75, 3.05) is 0 Å². The Morgan fingerprint density at radius 3 is 2.47 bits per heavy atom. The van der Waals surface area contributed by atoms with Gasteiger partial charge in [0.1, 0.15) is 5.60 Å². The number of carbonyl (C=O) groups is 1. The Balaban J connectivity index is 1.88. The summed E-state index contributed by atoms with van der Waals surface area (Å²) in [4.78, 5) is 10.9. The van der Waals surface area contributed by atoms with E-state index in [0.29, 0.717) is 6.42 Å². The van der Waals surface area contributed by atoms with E-state index in [-0.39, 0.29) is 17.1 Å². The summed E-state index contributed by atoms with van der Waals surface area (Å²) in [5.74, 6) is -0.983. The van der Waals surface area contributed by atoms with Gasteiger partial charge in [-0.15, -0.1) is 0 Å². The van der Waals surface area contributed by atoms with E-state index in [9.17, 15) is 9.90 Å². The predicted molar refractivity (Wildman–Crippen MR) is 150 cm³/mol. The fourth-order valence-corrected chi connectivity index (χ4v) is 5.73. The van der Waals surface area contributed by atoms with Gasteiger partial charge in [0.15, 0.2) is 0 Å². The van der Waals surface area contributed by atoms with Gasteiger partial charge >= 0.3 is 5.97 Å². The summed E-state index contributed by atoms with van der Waals surface area (Å²) >= 11 is 0. The molecule has 2 aliphatic rings. The summed E-state index contributed by atoms with van der Waals surface area (Å²) in [7, 11) is 0. The molecule has 204 valence electrons. The van der Waals surface area contributed by atoms with Gasteiger partial charge in [0.05, 0.1) is 17.6 Å². The number of carboxylic acid groups (broad SMARTS) is 1. The lowest BCUT2D eigenvalue weighted by atomic mass is 9.69. The van der Waals surface area contributed by atoms with Gasteiger partial charge in [-0.25, -0.2) is 0 Å². The molecule has 0 amide bonds. The van der Waals surface area contributed by atoms with Crippen LogP contribution in [0, 0.1) is 5.92 Å². The maximum Gasteiger partial charge on any atom is 0.306 e. The number of hydrogen-bond acceptors (Lipinski definition) is 3. The second-order valence-corrected chi connectivity index (χ2v) is 11.7. The molecule has 36 heavy (non-hydrogen) atoms. The topological polar surface area (TPSA) is 66.8 Å². The van der Waals surface area contributed by atoms with Crippen molar-refractivity contribution in [2.45, 2.75) is 143 Å². The van der Waals surface area contributed by atoms with Crippen molar-refractivity contribution in [3.05, 3.63) is 46.1 Å². The quantitative estimate of drug-likeness (QED) is 0.235. The second kappa shape index (κ2) is 13.8. The molecule has 0 spiro atoms. The minimum atomic E-state index is -0.709. The van der Waals surface area contributed by atoms with Crippen LogP contribution in [-0.2, 0) is 9.53 Å². The van der Waals surface area contributed by atoms with Crippen LogP contribution in [0.1, 0.15) is 126 Å². The van der Waals surface area contributed by atoms with Crippen LogP contribution in [0.25, 0.3) is 0 Å². The highest BCUT2D eigenvalue weighted by atomic mass is 16.5. The molecule has 0 radical (unpaired) electrons. The van der Waals surface area contributed by atoms with Crippen molar-refractivity contribution in [3.63, 3.8) is 0 Å². The summed E-state index contributed by atoms with van der Waals surface area (Å²) in [6.07, 6.45) is 18.3. The van der Waals surface area contributed by atoms with Crippen LogP contribution < -0.4 is 0 Å². The molecule has 0 bridgehead atoms. The molecule has 2 rings (SSSR count). The van der Waals surface area contributed by atoms with Crippen molar-refractivity contribution in [3.8, 4) is 0 Å². The first-order valence-corrected chi connectivity index (χ1v) is 14.3. The number of aliphatic hydroxyl groups excluding tert-OH is 1. The fraction of sp³-hybridized carbons (Fsp3) is 0.719. The van der Waals surface area contributed by atoms with Crippen LogP contribution in [-0.4, -0.2) is 33.5 Å². The van der Waals surface area contributed by atoms with Gasteiger partial charge in [0.2, 0.25) is 0 Å². The van der Waals surface area contributed by atoms with E-state index in [0.717, 1.165) is 76.2 Å². The smallest absolute Gasteiger partial charge is 0.306 e. The molecule has 1 saturated heterocycles. The first kappa shape index (κ1) is 30.6. The van der Waals surface area contributed by atoms with Crippen molar-refractivity contribution in [1.82, 2.24) is 0 Å².